The zero-order valence-electron chi connectivity index (χ0n) is 20.7. The lowest BCUT2D eigenvalue weighted by Gasteiger charge is -2.12. The average Bonchev–Trinajstić information content (AvgIpc) is 3.55. The van der Waals surface area contributed by atoms with Gasteiger partial charge in [-0.2, -0.15) is 9.97 Å². The second-order valence-electron chi connectivity index (χ2n) is 9.52. The number of fused-ring (bicyclic) bond motifs is 3. The summed E-state index contributed by atoms with van der Waals surface area (Å²) in [5.74, 6) is 0.259. The number of aryl methyl sites for hydroxylation is 2. The van der Waals surface area contributed by atoms with Crippen molar-refractivity contribution >= 4 is 39.8 Å². The number of para-hydroxylation sites is 1. The van der Waals surface area contributed by atoms with Crippen molar-refractivity contribution < 1.29 is 14.0 Å². The third-order valence-electron chi connectivity index (χ3n) is 7.07. The number of nitrogens with zero attached hydrogens (tertiary/aromatic N) is 3. The standard InChI is InChI=1S/C32H21N3O3/c1-18-9-8-10-19(2)27(18)35-26(33-32-30(35)34-31(38-32)20-11-4-3-5-12-20)17-25-28(36)23-15-21-13-6-7-14-22(21)16-24(23)29(25)37/h3-17H,1-2H3. The summed E-state index contributed by atoms with van der Waals surface area (Å²) in [4.78, 5) is 36.4. The summed E-state index contributed by atoms with van der Waals surface area (Å²) in [6.45, 7) is 4.02. The molecular formula is C32H21N3O3. The van der Waals surface area contributed by atoms with Gasteiger partial charge in [-0.25, -0.2) is 0 Å². The lowest BCUT2D eigenvalue weighted by molar-refractivity contribution is 0.0990. The summed E-state index contributed by atoms with van der Waals surface area (Å²) in [7, 11) is 0. The van der Waals surface area contributed by atoms with Crippen LogP contribution in [0, 0.1) is 13.8 Å². The number of rotatable bonds is 3. The van der Waals surface area contributed by atoms with Crippen molar-refractivity contribution in [3.05, 3.63) is 119 Å². The van der Waals surface area contributed by atoms with Crippen molar-refractivity contribution in [3.63, 3.8) is 0 Å². The van der Waals surface area contributed by atoms with Crippen LogP contribution in [0.25, 0.3) is 45.4 Å². The molecule has 38 heavy (non-hydrogen) atoms. The van der Waals surface area contributed by atoms with Crippen LogP contribution < -0.4 is 0 Å². The van der Waals surface area contributed by atoms with Crippen LogP contribution in [0.15, 0.2) is 94.9 Å². The van der Waals surface area contributed by atoms with E-state index in [4.69, 9.17) is 14.4 Å². The maximum atomic E-state index is 13.5. The summed E-state index contributed by atoms with van der Waals surface area (Å²) in [6, 6.07) is 26.9. The molecule has 0 radical (unpaired) electrons. The van der Waals surface area contributed by atoms with E-state index in [1.54, 1.807) is 18.2 Å². The van der Waals surface area contributed by atoms with Gasteiger partial charge in [-0.3, -0.25) is 14.2 Å². The van der Waals surface area contributed by atoms with E-state index in [-0.39, 0.29) is 17.1 Å². The van der Waals surface area contributed by atoms with Crippen LogP contribution >= 0.6 is 0 Å². The summed E-state index contributed by atoms with van der Waals surface area (Å²) in [5, 5.41) is 1.83. The molecule has 0 aliphatic heterocycles. The van der Waals surface area contributed by atoms with Gasteiger partial charge in [0.05, 0.1) is 11.3 Å². The topological polar surface area (TPSA) is 78.0 Å². The number of allylic oxidation sites excluding steroid dienone is 1. The molecule has 0 saturated heterocycles. The van der Waals surface area contributed by atoms with Gasteiger partial charge in [0.25, 0.3) is 5.71 Å². The molecule has 6 nitrogen and oxygen atoms in total. The molecule has 2 heterocycles. The summed E-state index contributed by atoms with van der Waals surface area (Å²) < 4.78 is 7.94. The van der Waals surface area contributed by atoms with E-state index in [0.717, 1.165) is 33.2 Å². The highest BCUT2D eigenvalue weighted by Gasteiger charge is 2.34. The van der Waals surface area contributed by atoms with Crippen molar-refractivity contribution in [2.45, 2.75) is 13.8 Å². The lowest BCUT2D eigenvalue weighted by Crippen LogP contribution is -2.06. The highest BCUT2D eigenvalue weighted by molar-refractivity contribution is 6.42. The van der Waals surface area contributed by atoms with E-state index in [0.29, 0.717) is 34.2 Å². The number of carbonyl (C=O) groups excluding carboxylic acids is 2. The first-order chi connectivity index (χ1) is 18.5. The number of Topliss-reactive ketones (excluding diaryl/α,β-unsaturated/α-hetero) is 2. The normalized spacial score (nSPS) is 13.1. The van der Waals surface area contributed by atoms with Crippen molar-refractivity contribution in [2.24, 2.45) is 0 Å². The second-order valence-corrected chi connectivity index (χ2v) is 9.52. The second kappa shape index (κ2) is 8.21. The van der Waals surface area contributed by atoms with Crippen LogP contribution in [0.5, 0.6) is 0 Å². The van der Waals surface area contributed by atoms with Crippen LogP contribution in [-0.4, -0.2) is 26.1 Å². The molecule has 6 heteroatoms. The Labute approximate surface area is 217 Å². The molecule has 0 atom stereocenters. The predicted octanol–water partition coefficient (Wildman–Crippen LogP) is 6.91. The Bertz CT molecular complexity index is 1900. The van der Waals surface area contributed by atoms with Crippen LogP contribution in [0.2, 0.25) is 0 Å². The highest BCUT2D eigenvalue weighted by atomic mass is 16.4. The van der Waals surface area contributed by atoms with Gasteiger partial charge in [0, 0.05) is 16.7 Å². The van der Waals surface area contributed by atoms with E-state index in [2.05, 4.69) is 0 Å². The molecule has 4 aromatic carbocycles. The minimum Gasteiger partial charge on any atom is -0.416 e. The molecule has 7 rings (SSSR count). The first-order valence-corrected chi connectivity index (χ1v) is 12.3. The van der Waals surface area contributed by atoms with E-state index < -0.39 is 0 Å². The molecule has 1 aliphatic rings. The number of imidazole rings is 1. The van der Waals surface area contributed by atoms with E-state index in [9.17, 15) is 9.59 Å². The van der Waals surface area contributed by atoms with Crippen molar-refractivity contribution in [2.75, 3.05) is 0 Å². The Hall–Kier alpha value is -5.10. The van der Waals surface area contributed by atoms with Gasteiger partial charge in [-0.1, -0.05) is 60.7 Å². The molecule has 2 aromatic heterocycles. The fourth-order valence-corrected chi connectivity index (χ4v) is 5.23. The molecule has 0 spiro atoms. The van der Waals surface area contributed by atoms with Gasteiger partial charge in [0.1, 0.15) is 5.82 Å². The number of carbonyl (C=O) groups is 2. The molecule has 6 aromatic rings. The first-order valence-electron chi connectivity index (χ1n) is 12.3. The Morgan fingerprint density at radius 2 is 1.34 bits per heavy atom. The van der Waals surface area contributed by atoms with Crippen molar-refractivity contribution in [1.82, 2.24) is 14.5 Å². The molecule has 1 aliphatic carbocycles. The molecule has 0 unspecified atom stereocenters. The summed E-state index contributed by atoms with van der Waals surface area (Å²) >= 11 is 0. The maximum Gasteiger partial charge on any atom is 0.267 e. The van der Waals surface area contributed by atoms with Crippen LogP contribution in [-0.2, 0) is 0 Å². The fourth-order valence-electron chi connectivity index (χ4n) is 5.23. The largest absolute Gasteiger partial charge is 0.416 e. The molecule has 182 valence electrons. The fraction of sp³-hybridized carbons (Fsp3) is 0.0625. The Kier molecular flexibility index (Phi) is 4.78. The molecular weight excluding hydrogens is 474 g/mol. The minimum absolute atomic E-state index is 0.0822. The summed E-state index contributed by atoms with van der Waals surface area (Å²) in [5.41, 5.74) is 5.50. The number of aromatic nitrogens is 3. The van der Waals surface area contributed by atoms with Crippen LogP contribution in [0.1, 0.15) is 37.7 Å². The van der Waals surface area contributed by atoms with Gasteiger partial charge in [-0.05, 0) is 66.1 Å². The highest BCUT2D eigenvalue weighted by Crippen LogP contribution is 2.34. The first kappa shape index (κ1) is 22.1. The molecule has 0 amide bonds. The molecule has 0 saturated carbocycles. The number of hydrogen-bond donors (Lipinski definition) is 0. The predicted molar refractivity (Wildman–Crippen MR) is 147 cm³/mol. The van der Waals surface area contributed by atoms with Gasteiger partial charge in [-0.15, -0.1) is 0 Å². The number of hydrogen-bond acceptors (Lipinski definition) is 5. The Morgan fingerprint density at radius 3 is 1.97 bits per heavy atom. The monoisotopic (exact) mass is 495 g/mol. The molecule has 0 bridgehead atoms. The Balaban J connectivity index is 1.44. The van der Waals surface area contributed by atoms with E-state index in [1.807, 2.05) is 91.2 Å². The maximum absolute atomic E-state index is 13.5. The number of oxazole rings is 1. The zero-order valence-corrected chi connectivity index (χ0v) is 20.7. The van der Waals surface area contributed by atoms with Crippen molar-refractivity contribution in [3.8, 4) is 17.1 Å². The van der Waals surface area contributed by atoms with Gasteiger partial charge in [0.2, 0.25) is 11.5 Å². The average molecular weight is 496 g/mol. The van der Waals surface area contributed by atoms with Crippen molar-refractivity contribution in [1.29, 1.82) is 0 Å². The van der Waals surface area contributed by atoms with E-state index in [1.165, 1.54) is 0 Å². The Morgan fingerprint density at radius 1 is 0.737 bits per heavy atom. The summed E-state index contributed by atoms with van der Waals surface area (Å²) in [6.07, 6.45) is 1.57. The molecule has 0 fully saturated rings. The van der Waals surface area contributed by atoms with Crippen LogP contribution in [0.4, 0.5) is 0 Å². The van der Waals surface area contributed by atoms with Gasteiger partial charge in [0.15, 0.2) is 11.6 Å². The molecule has 0 N–H and O–H groups in total. The van der Waals surface area contributed by atoms with Gasteiger partial charge < -0.3 is 4.42 Å². The number of benzene rings is 4. The zero-order chi connectivity index (χ0) is 26.0. The van der Waals surface area contributed by atoms with E-state index >= 15 is 0 Å². The quantitative estimate of drug-likeness (QED) is 0.197. The number of ketones is 2. The SMILES string of the molecule is Cc1cccc(C)c1-n1c(C=C2C(=O)c3cc4ccccc4cc3C2=O)nc2oc(-c3ccccc3)nc21. The minimum atomic E-state index is -0.304. The van der Waals surface area contributed by atoms with Crippen LogP contribution in [0.3, 0.4) is 0 Å². The van der Waals surface area contributed by atoms with Gasteiger partial charge >= 0.3 is 0 Å². The third-order valence-corrected chi connectivity index (χ3v) is 7.07. The lowest BCUT2D eigenvalue weighted by atomic mass is 10.0. The smallest absolute Gasteiger partial charge is 0.267 e. The third kappa shape index (κ3) is 3.27.